The fourth-order valence-electron chi connectivity index (χ4n) is 2.97. The van der Waals surface area contributed by atoms with Gasteiger partial charge >= 0.3 is 6.18 Å². The maximum absolute atomic E-state index is 13.0. The van der Waals surface area contributed by atoms with Crippen LogP contribution in [-0.2, 0) is 11.8 Å². The number of pyridine rings is 1. The molecule has 3 rings (SSSR count). The number of nitrogens with zero attached hydrogens (tertiary/aromatic N) is 2. The summed E-state index contributed by atoms with van der Waals surface area (Å²) in [5.41, 5.74) is -1.05. The summed E-state index contributed by atoms with van der Waals surface area (Å²) in [5.74, 6) is 0. The molecular formula is C14H15F3N2O. The molecule has 2 heterocycles. The highest BCUT2D eigenvalue weighted by molar-refractivity contribution is 5.57. The van der Waals surface area contributed by atoms with Crippen molar-refractivity contribution in [3.05, 3.63) is 35.9 Å². The molecule has 0 amide bonds. The van der Waals surface area contributed by atoms with Gasteiger partial charge in [0.25, 0.3) is 0 Å². The summed E-state index contributed by atoms with van der Waals surface area (Å²) in [6.07, 6.45) is 3.07. The highest BCUT2D eigenvalue weighted by atomic mass is 19.4. The van der Waals surface area contributed by atoms with Crippen LogP contribution in [-0.4, -0.2) is 14.5 Å². The molecule has 0 atom stereocenters. The van der Waals surface area contributed by atoms with Crippen molar-refractivity contribution in [1.29, 1.82) is 0 Å². The van der Waals surface area contributed by atoms with Gasteiger partial charge in [0.2, 0.25) is 0 Å². The summed E-state index contributed by atoms with van der Waals surface area (Å²) in [5, 5.41) is 10.7. The number of hydrogen-bond acceptors (Lipinski definition) is 2. The Balaban J connectivity index is 2.20. The quantitative estimate of drug-likeness (QED) is 0.870. The van der Waals surface area contributed by atoms with Gasteiger partial charge in [-0.05, 0) is 18.9 Å². The molecule has 6 heteroatoms. The Morgan fingerprint density at radius 1 is 1.20 bits per heavy atom. The predicted octanol–water partition coefficient (Wildman–Crippen LogP) is 3.50. The second kappa shape index (κ2) is 4.48. The lowest BCUT2D eigenvalue weighted by Gasteiger charge is -2.33. The van der Waals surface area contributed by atoms with Crippen LogP contribution in [0.3, 0.4) is 0 Å². The molecule has 0 aliphatic heterocycles. The van der Waals surface area contributed by atoms with Gasteiger partial charge in [-0.15, -0.1) is 0 Å². The first kappa shape index (κ1) is 13.4. The van der Waals surface area contributed by atoms with Crippen LogP contribution in [0.15, 0.2) is 24.8 Å². The second-order valence-corrected chi connectivity index (χ2v) is 5.42. The fourth-order valence-corrected chi connectivity index (χ4v) is 2.97. The van der Waals surface area contributed by atoms with Gasteiger partial charge in [-0.25, -0.2) is 4.98 Å². The minimum atomic E-state index is -4.43. The number of imidazole rings is 1. The lowest BCUT2D eigenvalue weighted by atomic mass is 9.79. The average Bonchev–Trinajstić information content (AvgIpc) is 2.85. The van der Waals surface area contributed by atoms with Gasteiger partial charge in [0.15, 0.2) is 0 Å². The van der Waals surface area contributed by atoms with E-state index in [-0.39, 0.29) is 0 Å². The van der Waals surface area contributed by atoms with E-state index >= 15 is 0 Å². The van der Waals surface area contributed by atoms with E-state index < -0.39 is 17.3 Å². The molecule has 1 aliphatic rings. The molecule has 0 radical (unpaired) electrons. The van der Waals surface area contributed by atoms with Crippen molar-refractivity contribution < 1.29 is 18.3 Å². The van der Waals surface area contributed by atoms with Crippen LogP contribution < -0.4 is 0 Å². The van der Waals surface area contributed by atoms with E-state index in [2.05, 4.69) is 4.98 Å². The molecule has 0 saturated heterocycles. The van der Waals surface area contributed by atoms with Gasteiger partial charge in [-0.2, -0.15) is 13.2 Å². The van der Waals surface area contributed by atoms with E-state index in [1.807, 2.05) is 0 Å². The molecular weight excluding hydrogens is 269 g/mol. The van der Waals surface area contributed by atoms with Crippen LogP contribution in [0.5, 0.6) is 0 Å². The Morgan fingerprint density at radius 2 is 1.90 bits per heavy atom. The molecule has 1 saturated carbocycles. The minimum absolute atomic E-state index is 0.338. The number of hydrogen-bond donors (Lipinski definition) is 1. The minimum Gasteiger partial charge on any atom is -0.385 e. The van der Waals surface area contributed by atoms with Gasteiger partial charge in [0.05, 0.1) is 29.2 Å². The van der Waals surface area contributed by atoms with Crippen molar-refractivity contribution in [3.63, 3.8) is 0 Å². The van der Waals surface area contributed by atoms with E-state index in [1.165, 1.54) is 16.9 Å². The van der Waals surface area contributed by atoms with Crippen molar-refractivity contribution in [2.24, 2.45) is 0 Å². The van der Waals surface area contributed by atoms with Crippen molar-refractivity contribution in [1.82, 2.24) is 9.38 Å². The van der Waals surface area contributed by atoms with E-state index in [4.69, 9.17) is 0 Å². The molecule has 0 bridgehead atoms. The Hall–Kier alpha value is -1.56. The molecule has 2 aromatic rings. The van der Waals surface area contributed by atoms with Crippen molar-refractivity contribution in [3.8, 4) is 0 Å². The van der Waals surface area contributed by atoms with Gasteiger partial charge in [-0.3, -0.25) is 0 Å². The number of aliphatic hydroxyl groups is 1. The molecule has 1 aliphatic carbocycles. The van der Waals surface area contributed by atoms with Gasteiger partial charge in [0.1, 0.15) is 0 Å². The number of rotatable bonds is 1. The van der Waals surface area contributed by atoms with E-state index in [0.717, 1.165) is 31.5 Å². The molecule has 1 N–H and O–H groups in total. The van der Waals surface area contributed by atoms with Crippen LogP contribution in [0, 0.1) is 0 Å². The zero-order valence-electron chi connectivity index (χ0n) is 10.8. The zero-order chi connectivity index (χ0) is 14.4. The molecule has 0 spiro atoms. The molecule has 3 nitrogen and oxygen atoms in total. The first-order chi connectivity index (χ1) is 9.40. The van der Waals surface area contributed by atoms with Crippen LogP contribution >= 0.6 is 0 Å². The number of alkyl halides is 3. The van der Waals surface area contributed by atoms with Crippen LogP contribution in [0.4, 0.5) is 13.2 Å². The summed E-state index contributed by atoms with van der Waals surface area (Å²) in [6.45, 7) is 0. The predicted molar refractivity (Wildman–Crippen MR) is 67.2 cm³/mol. The lowest BCUT2D eigenvalue weighted by molar-refractivity contribution is -0.138. The first-order valence-electron chi connectivity index (χ1n) is 6.66. The van der Waals surface area contributed by atoms with E-state index in [0.29, 0.717) is 23.9 Å². The largest absolute Gasteiger partial charge is 0.417 e. The lowest BCUT2D eigenvalue weighted by Crippen LogP contribution is -2.29. The highest BCUT2D eigenvalue weighted by Crippen LogP contribution is 2.41. The average molecular weight is 284 g/mol. The highest BCUT2D eigenvalue weighted by Gasteiger charge is 2.37. The molecule has 2 aromatic heterocycles. The summed E-state index contributed by atoms with van der Waals surface area (Å²) in [6, 6.07) is 1.07. The SMILES string of the molecule is OC1(c2cc(C(F)(F)F)cn3cncc23)CCCCC1. The van der Waals surface area contributed by atoms with E-state index in [1.54, 1.807) is 0 Å². The van der Waals surface area contributed by atoms with Crippen LogP contribution in [0.25, 0.3) is 5.52 Å². The van der Waals surface area contributed by atoms with E-state index in [9.17, 15) is 18.3 Å². The fraction of sp³-hybridized carbons (Fsp3) is 0.500. The summed E-state index contributed by atoms with van der Waals surface area (Å²) in [4.78, 5) is 3.90. The number of fused-ring (bicyclic) bond motifs is 1. The standard InChI is InChI=1S/C14H15F3N2O/c15-14(16,17)10-6-11(12-7-18-9-19(12)8-10)13(20)4-2-1-3-5-13/h6-9,20H,1-5H2. The Kier molecular flexibility index (Phi) is 3.01. The normalized spacial score (nSPS) is 19.4. The topological polar surface area (TPSA) is 37.5 Å². The van der Waals surface area contributed by atoms with Crippen molar-refractivity contribution in [2.75, 3.05) is 0 Å². The maximum atomic E-state index is 13.0. The summed E-state index contributed by atoms with van der Waals surface area (Å²) < 4.78 is 40.3. The van der Waals surface area contributed by atoms with Gasteiger partial charge < -0.3 is 9.51 Å². The molecule has 108 valence electrons. The zero-order valence-corrected chi connectivity index (χ0v) is 10.8. The van der Waals surface area contributed by atoms with Gasteiger partial charge in [0, 0.05) is 11.8 Å². The Morgan fingerprint density at radius 3 is 2.55 bits per heavy atom. The van der Waals surface area contributed by atoms with Crippen molar-refractivity contribution in [2.45, 2.75) is 43.9 Å². The van der Waals surface area contributed by atoms with Crippen LogP contribution in [0.2, 0.25) is 0 Å². The third kappa shape index (κ3) is 2.18. The van der Waals surface area contributed by atoms with Gasteiger partial charge in [-0.1, -0.05) is 19.3 Å². The number of aromatic nitrogens is 2. The summed E-state index contributed by atoms with van der Waals surface area (Å²) in [7, 11) is 0. The van der Waals surface area contributed by atoms with Crippen molar-refractivity contribution >= 4 is 5.52 Å². The number of halogens is 3. The molecule has 0 aromatic carbocycles. The smallest absolute Gasteiger partial charge is 0.385 e. The Bertz CT molecular complexity index is 627. The molecule has 20 heavy (non-hydrogen) atoms. The molecule has 0 unspecified atom stereocenters. The maximum Gasteiger partial charge on any atom is 0.417 e. The first-order valence-corrected chi connectivity index (χ1v) is 6.66. The third-order valence-electron chi connectivity index (χ3n) is 4.03. The monoisotopic (exact) mass is 284 g/mol. The Labute approximate surface area is 114 Å². The van der Waals surface area contributed by atoms with Crippen LogP contribution in [0.1, 0.15) is 43.2 Å². The summed E-state index contributed by atoms with van der Waals surface area (Å²) >= 11 is 0. The second-order valence-electron chi connectivity index (χ2n) is 5.42. The third-order valence-corrected chi connectivity index (χ3v) is 4.03. The molecule has 1 fully saturated rings.